The zero-order valence-electron chi connectivity index (χ0n) is 20.2. The summed E-state index contributed by atoms with van der Waals surface area (Å²) in [5.74, 6) is 0.597. The topological polar surface area (TPSA) is 105 Å². The van der Waals surface area contributed by atoms with E-state index in [4.69, 9.17) is 10.7 Å². The van der Waals surface area contributed by atoms with Gasteiger partial charge < -0.3 is 10.6 Å². The lowest BCUT2D eigenvalue weighted by molar-refractivity contribution is -0.384. The lowest BCUT2D eigenvalue weighted by Gasteiger charge is -2.32. The van der Waals surface area contributed by atoms with Crippen LogP contribution >= 0.6 is 0 Å². The molecule has 35 heavy (non-hydrogen) atoms. The number of halogens is 1. The molecule has 1 amide bonds. The van der Waals surface area contributed by atoms with Crippen LogP contribution in [0.5, 0.6) is 0 Å². The van der Waals surface area contributed by atoms with E-state index in [1.807, 2.05) is 19.9 Å². The molecule has 2 aliphatic rings. The van der Waals surface area contributed by atoms with Gasteiger partial charge in [0.05, 0.1) is 4.92 Å². The van der Waals surface area contributed by atoms with Gasteiger partial charge in [-0.05, 0) is 87.5 Å². The molecule has 2 heterocycles. The normalized spacial score (nSPS) is 21.4. The number of hydrogen-bond donors (Lipinski definition) is 1. The molecule has 4 rings (SSSR count). The summed E-state index contributed by atoms with van der Waals surface area (Å²) in [6, 6.07) is 11.2. The van der Waals surface area contributed by atoms with Gasteiger partial charge in [0.1, 0.15) is 17.3 Å². The number of nitrogens with two attached hydrogens (primary N) is 1. The zero-order valence-corrected chi connectivity index (χ0v) is 20.2. The van der Waals surface area contributed by atoms with Crippen LogP contribution in [0.15, 0.2) is 47.5 Å². The Kier molecular flexibility index (Phi) is 7.16. The van der Waals surface area contributed by atoms with E-state index in [2.05, 4.69) is 4.90 Å². The number of anilines is 1. The van der Waals surface area contributed by atoms with Crippen molar-refractivity contribution in [2.24, 2.45) is 4.99 Å². The molecule has 0 aromatic heterocycles. The third-order valence-electron chi connectivity index (χ3n) is 7.34. The van der Waals surface area contributed by atoms with E-state index in [0.717, 1.165) is 50.0 Å². The highest BCUT2D eigenvalue weighted by molar-refractivity contribution is 6.07. The number of nitrogens with zero attached hydrogens (tertiary/aromatic N) is 4. The molecule has 1 atom stereocenters. The number of hydrogen-bond acceptors (Lipinski definition) is 6. The summed E-state index contributed by atoms with van der Waals surface area (Å²) in [6.07, 6.45) is 3.18. The summed E-state index contributed by atoms with van der Waals surface area (Å²) in [6.45, 7) is 7.04. The van der Waals surface area contributed by atoms with Gasteiger partial charge in [-0.3, -0.25) is 24.8 Å². The van der Waals surface area contributed by atoms with Crippen molar-refractivity contribution >= 4 is 23.1 Å². The van der Waals surface area contributed by atoms with Crippen LogP contribution in [-0.2, 0) is 10.3 Å². The van der Waals surface area contributed by atoms with E-state index in [0.29, 0.717) is 18.8 Å². The maximum absolute atomic E-state index is 13.4. The molecule has 0 spiro atoms. The SMILES string of the molecule is CCC1(c2ccc(F)cc2)N=C(C)N(CCCN2CCC(c3ccc(N)c([N+](=O)[O-])c3)CC2)C1=O. The van der Waals surface area contributed by atoms with Gasteiger partial charge in [-0.2, -0.15) is 0 Å². The van der Waals surface area contributed by atoms with Crippen LogP contribution in [0, 0.1) is 15.9 Å². The van der Waals surface area contributed by atoms with Crippen LogP contribution in [0.25, 0.3) is 0 Å². The second kappa shape index (κ2) is 10.1. The predicted molar refractivity (Wildman–Crippen MR) is 134 cm³/mol. The summed E-state index contributed by atoms with van der Waals surface area (Å²) in [7, 11) is 0. The molecule has 186 valence electrons. The van der Waals surface area contributed by atoms with Gasteiger partial charge in [-0.15, -0.1) is 0 Å². The molecule has 0 radical (unpaired) electrons. The average Bonchev–Trinajstić information content (AvgIpc) is 3.10. The van der Waals surface area contributed by atoms with Crippen molar-refractivity contribution in [1.82, 2.24) is 9.80 Å². The number of piperidine rings is 1. The summed E-state index contributed by atoms with van der Waals surface area (Å²) in [5, 5.41) is 11.2. The molecule has 1 saturated heterocycles. The van der Waals surface area contributed by atoms with Crippen molar-refractivity contribution in [2.75, 3.05) is 31.9 Å². The Labute approximate surface area is 204 Å². The number of benzene rings is 2. The van der Waals surface area contributed by atoms with Crippen LogP contribution < -0.4 is 5.73 Å². The second-order valence-electron chi connectivity index (χ2n) is 9.38. The first kappa shape index (κ1) is 24.8. The smallest absolute Gasteiger partial charge is 0.292 e. The number of carbonyl (C=O) groups is 1. The lowest BCUT2D eigenvalue weighted by atomic mass is 9.87. The third kappa shape index (κ3) is 4.91. The van der Waals surface area contributed by atoms with Gasteiger partial charge >= 0.3 is 0 Å². The first-order valence-corrected chi connectivity index (χ1v) is 12.2. The van der Waals surface area contributed by atoms with Crippen LogP contribution in [0.4, 0.5) is 15.8 Å². The average molecular weight is 482 g/mol. The van der Waals surface area contributed by atoms with Gasteiger partial charge in [0.15, 0.2) is 5.54 Å². The Morgan fingerprint density at radius 2 is 1.86 bits per heavy atom. The van der Waals surface area contributed by atoms with Crippen LogP contribution in [0.1, 0.15) is 56.6 Å². The Morgan fingerprint density at radius 1 is 1.17 bits per heavy atom. The summed E-state index contributed by atoms with van der Waals surface area (Å²) >= 11 is 0. The van der Waals surface area contributed by atoms with Crippen molar-refractivity contribution in [3.05, 3.63) is 69.5 Å². The molecule has 0 saturated carbocycles. The van der Waals surface area contributed by atoms with Crippen LogP contribution in [0.3, 0.4) is 0 Å². The van der Waals surface area contributed by atoms with Gasteiger partial charge in [0.2, 0.25) is 0 Å². The molecule has 1 fully saturated rings. The second-order valence-corrected chi connectivity index (χ2v) is 9.38. The minimum absolute atomic E-state index is 0.0268. The van der Waals surface area contributed by atoms with E-state index in [9.17, 15) is 19.3 Å². The highest BCUT2D eigenvalue weighted by Gasteiger charge is 2.46. The molecule has 2 N–H and O–H groups in total. The van der Waals surface area contributed by atoms with E-state index in [-0.39, 0.29) is 29.0 Å². The highest BCUT2D eigenvalue weighted by Crippen LogP contribution is 2.37. The van der Waals surface area contributed by atoms with E-state index in [1.54, 1.807) is 29.2 Å². The molecule has 8 nitrogen and oxygen atoms in total. The number of nitro benzene ring substituents is 1. The Morgan fingerprint density at radius 3 is 2.49 bits per heavy atom. The first-order chi connectivity index (χ1) is 16.7. The first-order valence-electron chi connectivity index (χ1n) is 12.2. The predicted octanol–water partition coefficient (Wildman–Crippen LogP) is 4.45. The molecule has 2 aliphatic heterocycles. The maximum Gasteiger partial charge on any atom is 0.292 e. The fraction of sp³-hybridized carbons (Fsp3) is 0.462. The molecular weight excluding hydrogens is 449 g/mol. The molecule has 2 aromatic rings. The lowest BCUT2D eigenvalue weighted by Crippen LogP contribution is -2.42. The monoisotopic (exact) mass is 481 g/mol. The third-order valence-corrected chi connectivity index (χ3v) is 7.34. The number of aliphatic imine (C=N–C) groups is 1. The fourth-order valence-corrected chi connectivity index (χ4v) is 5.28. The van der Waals surface area contributed by atoms with Crippen LogP contribution in [0.2, 0.25) is 0 Å². The number of rotatable bonds is 8. The standard InChI is InChI=1S/C26H32FN5O3/c1-3-26(21-6-8-22(27)9-7-21)25(33)31(18(2)29-26)14-4-13-30-15-11-19(12-16-30)20-5-10-23(28)24(17-20)32(34)35/h5-10,17,19H,3-4,11-16,28H2,1-2H3. The van der Waals surface area contributed by atoms with Gasteiger partial charge in [-0.25, -0.2) is 4.39 Å². The quantitative estimate of drug-likeness (QED) is 0.341. The molecule has 0 bridgehead atoms. The van der Waals surface area contributed by atoms with Crippen molar-refractivity contribution in [1.29, 1.82) is 0 Å². The minimum atomic E-state index is -0.974. The van der Waals surface area contributed by atoms with Crippen molar-refractivity contribution < 1.29 is 14.1 Å². The number of nitro groups is 1. The number of likely N-dealkylation sites (tertiary alicyclic amines) is 1. The number of carbonyl (C=O) groups excluding carboxylic acids is 1. The molecular formula is C26H32FN5O3. The largest absolute Gasteiger partial charge is 0.393 e. The Bertz CT molecular complexity index is 1130. The zero-order chi connectivity index (χ0) is 25.2. The van der Waals surface area contributed by atoms with Crippen molar-refractivity contribution in [2.45, 2.75) is 51.0 Å². The van der Waals surface area contributed by atoms with Crippen molar-refractivity contribution in [3.63, 3.8) is 0 Å². The molecule has 2 aromatic carbocycles. The summed E-state index contributed by atoms with van der Waals surface area (Å²) in [5.41, 5.74) is 6.61. The minimum Gasteiger partial charge on any atom is -0.393 e. The van der Waals surface area contributed by atoms with Crippen molar-refractivity contribution in [3.8, 4) is 0 Å². The van der Waals surface area contributed by atoms with Crippen LogP contribution in [-0.4, -0.2) is 52.6 Å². The summed E-state index contributed by atoms with van der Waals surface area (Å²) in [4.78, 5) is 33.0. The highest BCUT2D eigenvalue weighted by atomic mass is 19.1. The summed E-state index contributed by atoms with van der Waals surface area (Å²) < 4.78 is 13.4. The van der Waals surface area contributed by atoms with E-state index < -0.39 is 10.5 Å². The maximum atomic E-state index is 13.4. The van der Waals surface area contributed by atoms with Gasteiger partial charge in [0, 0.05) is 12.6 Å². The number of amidine groups is 1. The molecule has 9 heteroatoms. The van der Waals surface area contributed by atoms with E-state index in [1.165, 1.54) is 12.1 Å². The fourth-order valence-electron chi connectivity index (χ4n) is 5.28. The number of nitrogen functional groups attached to an aromatic ring is 1. The molecule has 0 aliphatic carbocycles. The Hall–Kier alpha value is -3.33. The van der Waals surface area contributed by atoms with Gasteiger partial charge in [-0.1, -0.05) is 25.1 Å². The van der Waals surface area contributed by atoms with Gasteiger partial charge in [0.25, 0.3) is 11.6 Å². The van der Waals surface area contributed by atoms with E-state index >= 15 is 0 Å². The Balaban J connectivity index is 1.31. The number of amides is 1. The molecule has 1 unspecified atom stereocenters.